The molecule has 1 atom stereocenters. The third-order valence-corrected chi connectivity index (χ3v) is 6.88. The van der Waals surface area contributed by atoms with E-state index in [0.29, 0.717) is 17.9 Å². The average Bonchev–Trinajstić information content (AvgIpc) is 2.34. The number of carbonyl (C=O) groups excluding carboxylic acids is 1. The summed E-state index contributed by atoms with van der Waals surface area (Å²) in [6, 6.07) is 0.561. The molecule has 1 amide bonds. The van der Waals surface area contributed by atoms with Crippen LogP contribution in [0.4, 0.5) is 0 Å². The zero-order chi connectivity index (χ0) is 13.9. The van der Waals surface area contributed by atoms with Crippen LogP contribution >= 0.6 is 12.4 Å². The molecule has 3 nitrogen and oxygen atoms in total. The van der Waals surface area contributed by atoms with Gasteiger partial charge in [0.25, 0.3) is 0 Å². The van der Waals surface area contributed by atoms with Crippen molar-refractivity contribution in [2.75, 3.05) is 20.1 Å². The van der Waals surface area contributed by atoms with E-state index in [2.05, 4.69) is 24.2 Å². The van der Waals surface area contributed by atoms with Crippen LogP contribution < -0.4 is 5.32 Å². The first-order chi connectivity index (χ1) is 9.63. The molecule has 1 N–H and O–H groups in total. The van der Waals surface area contributed by atoms with E-state index in [9.17, 15) is 4.79 Å². The fourth-order valence-electron chi connectivity index (χ4n) is 5.86. The van der Waals surface area contributed by atoms with Gasteiger partial charge in [-0.05, 0) is 74.8 Å². The summed E-state index contributed by atoms with van der Waals surface area (Å²) in [5.41, 5.74) is 0. The lowest BCUT2D eigenvalue weighted by molar-refractivity contribution is -0.147. The molecule has 0 aromatic rings. The molecule has 5 fully saturated rings. The van der Waals surface area contributed by atoms with E-state index in [-0.39, 0.29) is 18.3 Å². The number of hydrogen-bond donors (Lipinski definition) is 1. The number of nitrogens with one attached hydrogen (secondary N) is 1. The van der Waals surface area contributed by atoms with Crippen LogP contribution in [0.3, 0.4) is 0 Å². The predicted octanol–water partition coefficient (Wildman–Crippen LogP) is 2.55. The van der Waals surface area contributed by atoms with Crippen molar-refractivity contribution in [2.24, 2.45) is 35.5 Å². The highest BCUT2D eigenvalue weighted by molar-refractivity contribution is 5.85. The Morgan fingerprint density at radius 3 is 2.00 bits per heavy atom. The van der Waals surface area contributed by atoms with Gasteiger partial charge >= 0.3 is 0 Å². The van der Waals surface area contributed by atoms with E-state index in [1.807, 2.05) is 0 Å². The van der Waals surface area contributed by atoms with Crippen LogP contribution in [0.2, 0.25) is 0 Å². The highest BCUT2D eigenvalue weighted by Gasteiger charge is 2.50. The largest absolute Gasteiger partial charge is 0.342 e. The number of carbonyl (C=O) groups is 1. The monoisotopic (exact) mass is 312 g/mol. The van der Waals surface area contributed by atoms with Gasteiger partial charge in [0.2, 0.25) is 5.91 Å². The Morgan fingerprint density at radius 2 is 1.57 bits per heavy atom. The normalized spacial score (nSPS) is 42.1. The van der Waals surface area contributed by atoms with Crippen molar-refractivity contribution in [3.05, 3.63) is 0 Å². The van der Waals surface area contributed by atoms with Crippen molar-refractivity contribution in [1.82, 2.24) is 10.2 Å². The summed E-state index contributed by atoms with van der Waals surface area (Å²) in [6.07, 6.45) is 7.08. The van der Waals surface area contributed by atoms with Gasteiger partial charge in [0, 0.05) is 19.0 Å². The molecular formula is C17H29ClN2O. The van der Waals surface area contributed by atoms with Gasteiger partial charge in [-0.25, -0.2) is 0 Å². The van der Waals surface area contributed by atoms with Gasteiger partial charge in [-0.2, -0.15) is 0 Å². The lowest BCUT2D eigenvalue weighted by Gasteiger charge is -2.57. The molecule has 4 aliphatic carbocycles. The Hall–Kier alpha value is -0.280. The Labute approximate surface area is 134 Å². The zero-order valence-corrected chi connectivity index (χ0v) is 14.1. The van der Waals surface area contributed by atoms with E-state index < -0.39 is 0 Å². The van der Waals surface area contributed by atoms with Crippen molar-refractivity contribution >= 4 is 18.3 Å². The van der Waals surface area contributed by atoms with E-state index in [1.54, 1.807) is 0 Å². The number of nitrogens with zero attached hydrogens (tertiary/aromatic N) is 1. The number of amides is 1. The summed E-state index contributed by atoms with van der Waals surface area (Å²) in [7, 11) is 2.10. The maximum Gasteiger partial charge on any atom is 0.225 e. The minimum Gasteiger partial charge on any atom is -0.342 e. The smallest absolute Gasteiger partial charge is 0.225 e. The first-order valence-electron chi connectivity index (χ1n) is 8.61. The summed E-state index contributed by atoms with van der Waals surface area (Å²) in [5.74, 6) is 4.80. The van der Waals surface area contributed by atoms with E-state index in [1.165, 1.54) is 32.1 Å². The van der Waals surface area contributed by atoms with Crippen molar-refractivity contribution in [3.63, 3.8) is 0 Å². The molecule has 1 heterocycles. The van der Waals surface area contributed by atoms with Gasteiger partial charge < -0.3 is 10.2 Å². The van der Waals surface area contributed by atoms with Gasteiger partial charge in [0.1, 0.15) is 0 Å². The molecule has 21 heavy (non-hydrogen) atoms. The minimum absolute atomic E-state index is 0. The van der Waals surface area contributed by atoms with Gasteiger partial charge in [-0.1, -0.05) is 6.92 Å². The number of rotatable bonds is 3. The third kappa shape index (κ3) is 2.50. The second-order valence-electron chi connectivity index (χ2n) is 8.08. The summed E-state index contributed by atoms with van der Waals surface area (Å²) >= 11 is 0. The minimum atomic E-state index is 0. The number of hydrogen-bond acceptors (Lipinski definition) is 2. The second kappa shape index (κ2) is 5.73. The standard InChI is InChI=1S/C17H28N2O.ClH/c1-10(15-8-18-9-15)17(20)19(2)16-13-4-11-3-12(6-13)7-14(16)5-11;/h10-16,18H,3-9H2,1-2H3;1H. The molecule has 1 unspecified atom stereocenters. The van der Waals surface area contributed by atoms with Gasteiger partial charge in [0.15, 0.2) is 0 Å². The van der Waals surface area contributed by atoms with Gasteiger partial charge in [-0.15, -0.1) is 12.4 Å². The van der Waals surface area contributed by atoms with Gasteiger partial charge in [0.05, 0.1) is 0 Å². The lowest BCUT2D eigenvalue weighted by atomic mass is 9.54. The molecule has 4 heteroatoms. The van der Waals surface area contributed by atoms with Crippen molar-refractivity contribution in [1.29, 1.82) is 0 Å². The van der Waals surface area contributed by atoms with Crippen molar-refractivity contribution < 1.29 is 4.79 Å². The molecule has 5 rings (SSSR count). The second-order valence-corrected chi connectivity index (χ2v) is 8.08. The molecule has 0 spiro atoms. The van der Waals surface area contributed by atoms with Crippen molar-refractivity contribution in [2.45, 2.75) is 45.1 Å². The van der Waals surface area contributed by atoms with Crippen LogP contribution in [0, 0.1) is 35.5 Å². The lowest BCUT2D eigenvalue weighted by Crippen LogP contribution is -2.58. The molecule has 4 bridgehead atoms. The van der Waals surface area contributed by atoms with Crippen LogP contribution in [-0.2, 0) is 4.79 Å². The van der Waals surface area contributed by atoms with Crippen LogP contribution in [0.25, 0.3) is 0 Å². The first kappa shape index (κ1) is 15.6. The van der Waals surface area contributed by atoms with Crippen LogP contribution in [-0.4, -0.2) is 37.0 Å². The molecule has 1 aliphatic heterocycles. The number of halogens is 1. The molecule has 1 saturated heterocycles. The molecule has 0 aromatic heterocycles. The molecule has 5 aliphatic rings. The van der Waals surface area contributed by atoms with E-state index in [0.717, 1.165) is 36.8 Å². The molecular weight excluding hydrogens is 284 g/mol. The summed E-state index contributed by atoms with van der Waals surface area (Å²) in [5, 5.41) is 3.30. The highest BCUT2D eigenvalue weighted by Crippen LogP contribution is 2.55. The summed E-state index contributed by atoms with van der Waals surface area (Å²) in [4.78, 5) is 15.0. The molecule has 0 aromatic carbocycles. The third-order valence-electron chi connectivity index (χ3n) is 6.88. The topological polar surface area (TPSA) is 32.3 Å². The van der Waals surface area contributed by atoms with Crippen LogP contribution in [0.5, 0.6) is 0 Å². The highest BCUT2D eigenvalue weighted by atomic mass is 35.5. The Kier molecular flexibility index (Phi) is 4.26. The quantitative estimate of drug-likeness (QED) is 0.868. The predicted molar refractivity (Wildman–Crippen MR) is 86.4 cm³/mol. The fraction of sp³-hybridized carbons (Fsp3) is 0.941. The van der Waals surface area contributed by atoms with Crippen molar-refractivity contribution in [3.8, 4) is 0 Å². The summed E-state index contributed by atoms with van der Waals surface area (Å²) in [6.45, 7) is 4.20. The van der Waals surface area contributed by atoms with E-state index >= 15 is 0 Å². The maximum absolute atomic E-state index is 12.8. The van der Waals surface area contributed by atoms with E-state index in [4.69, 9.17) is 0 Å². The zero-order valence-electron chi connectivity index (χ0n) is 13.3. The molecule has 0 radical (unpaired) electrons. The Bertz CT molecular complexity index is 382. The fourth-order valence-corrected chi connectivity index (χ4v) is 5.86. The maximum atomic E-state index is 12.8. The van der Waals surface area contributed by atoms with Crippen LogP contribution in [0.1, 0.15) is 39.0 Å². The molecule has 120 valence electrons. The van der Waals surface area contributed by atoms with Gasteiger partial charge in [-0.3, -0.25) is 4.79 Å². The summed E-state index contributed by atoms with van der Waals surface area (Å²) < 4.78 is 0. The Morgan fingerprint density at radius 1 is 1.05 bits per heavy atom. The Balaban J connectivity index is 0.00000132. The molecule has 4 saturated carbocycles. The average molecular weight is 313 g/mol. The first-order valence-corrected chi connectivity index (χ1v) is 8.61. The SMILES string of the molecule is CC(C(=O)N(C)C1C2CC3CC(C2)CC1C3)C1CNC1.Cl. The van der Waals surface area contributed by atoms with Crippen LogP contribution in [0.15, 0.2) is 0 Å².